The Bertz CT molecular complexity index is 273. The average molecular weight is 191 g/mol. The van der Waals surface area contributed by atoms with Crippen LogP contribution in [0, 0.1) is 0 Å². The van der Waals surface area contributed by atoms with Crippen LogP contribution in [0.25, 0.3) is 0 Å². The summed E-state index contributed by atoms with van der Waals surface area (Å²) in [6.07, 6.45) is 3.50. The molecule has 1 unspecified atom stereocenters. The zero-order valence-corrected chi connectivity index (χ0v) is 8.62. The summed E-state index contributed by atoms with van der Waals surface area (Å²) in [5.41, 5.74) is 2.77. The lowest BCUT2D eigenvalue weighted by Gasteiger charge is -2.09. The summed E-state index contributed by atoms with van der Waals surface area (Å²) in [5, 5.41) is 3.54. The van der Waals surface area contributed by atoms with Crippen molar-refractivity contribution in [1.29, 1.82) is 0 Å². The Morgan fingerprint density at radius 3 is 3.07 bits per heavy atom. The van der Waals surface area contributed by atoms with Crippen LogP contribution in [0.15, 0.2) is 24.3 Å². The number of para-hydroxylation sites is 1. The fraction of sp³-hybridized carbons (Fsp3) is 0.500. The van der Waals surface area contributed by atoms with Crippen molar-refractivity contribution >= 4 is 5.69 Å². The van der Waals surface area contributed by atoms with Gasteiger partial charge in [0.15, 0.2) is 0 Å². The van der Waals surface area contributed by atoms with Gasteiger partial charge in [0.05, 0.1) is 0 Å². The molecule has 1 aliphatic heterocycles. The molecule has 0 saturated carbocycles. The van der Waals surface area contributed by atoms with Gasteiger partial charge in [-0.25, -0.2) is 0 Å². The van der Waals surface area contributed by atoms with Crippen molar-refractivity contribution < 1.29 is 4.74 Å². The maximum atomic E-state index is 5.05. The van der Waals surface area contributed by atoms with Gasteiger partial charge in [0.2, 0.25) is 0 Å². The van der Waals surface area contributed by atoms with Crippen molar-refractivity contribution in [2.45, 2.75) is 25.3 Å². The lowest BCUT2D eigenvalue weighted by atomic mass is 10.1. The fourth-order valence-corrected chi connectivity index (χ4v) is 2.02. The van der Waals surface area contributed by atoms with Crippen molar-refractivity contribution in [3.05, 3.63) is 29.8 Å². The average Bonchev–Trinajstić information content (AvgIpc) is 2.60. The minimum atomic E-state index is 0.613. The molecule has 0 spiro atoms. The van der Waals surface area contributed by atoms with Gasteiger partial charge in [-0.3, -0.25) is 0 Å². The maximum absolute atomic E-state index is 5.05. The summed E-state index contributed by atoms with van der Waals surface area (Å²) in [7, 11) is 1.76. The molecular weight excluding hydrogens is 174 g/mol. The molecule has 2 heteroatoms. The molecule has 0 aromatic heterocycles. The van der Waals surface area contributed by atoms with Crippen LogP contribution < -0.4 is 5.32 Å². The molecule has 0 bridgehead atoms. The first-order valence-corrected chi connectivity index (χ1v) is 5.23. The summed E-state index contributed by atoms with van der Waals surface area (Å²) < 4.78 is 5.05. The molecular formula is C12H17NO. The smallest absolute Gasteiger partial charge is 0.0463 e. The third-order valence-corrected chi connectivity index (χ3v) is 2.74. The summed E-state index contributed by atoms with van der Waals surface area (Å²) in [6, 6.07) is 9.17. The molecule has 0 aliphatic carbocycles. The molecule has 0 fully saturated rings. The Morgan fingerprint density at radius 2 is 2.29 bits per heavy atom. The van der Waals surface area contributed by atoms with Gasteiger partial charge < -0.3 is 10.1 Å². The van der Waals surface area contributed by atoms with E-state index in [-0.39, 0.29) is 0 Å². The van der Waals surface area contributed by atoms with Gasteiger partial charge in [-0.1, -0.05) is 18.2 Å². The highest BCUT2D eigenvalue weighted by Gasteiger charge is 2.18. The third-order valence-electron chi connectivity index (χ3n) is 2.74. The van der Waals surface area contributed by atoms with E-state index in [0.717, 1.165) is 13.0 Å². The predicted molar refractivity (Wildman–Crippen MR) is 58.7 cm³/mol. The molecule has 1 aromatic carbocycles. The van der Waals surface area contributed by atoms with Gasteiger partial charge in [0.25, 0.3) is 0 Å². The molecule has 1 heterocycles. The number of fused-ring (bicyclic) bond motifs is 1. The minimum absolute atomic E-state index is 0.613. The lowest BCUT2D eigenvalue weighted by Crippen LogP contribution is -2.15. The van der Waals surface area contributed by atoms with E-state index in [2.05, 4.69) is 29.6 Å². The SMILES string of the molecule is COCCCC1Cc2ccccc2N1. The molecule has 1 aromatic rings. The molecule has 1 N–H and O–H groups in total. The first-order chi connectivity index (χ1) is 6.90. The lowest BCUT2D eigenvalue weighted by molar-refractivity contribution is 0.191. The molecule has 1 aliphatic rings. The highest BCUT2D eigenvalue weighted by atomic mass is 16.5. The number of nitrogens with one attached hydrogen (secondary N) is 1. The Morgan fingerprint density at radius 1 is 1.43 bits per heavy atom. The first-order valence-electron chi connectivity index (χ1n) is 5.23. The van der Waals surface area contributed by atoms with E-state index in [0.29, 0.717) is 6.04 Å². The summed E-state index contributed by atoms with van der Waals surface area (Å²) in [6.45, 7) is 0.870. The Hall–Kier alpha value is -1.02. The summed E-state index contributed by atoms with van der Waals surface area (Å²) in [4.78, 5) is 0. The number of anilines is 1. The van der Waals surface area contributed by atoms with Crippen LogP contribution in [0.5, 0.6) is 0 Å². The van der Waals surface area contributed by atoms with E-state index in [1.807, 2.05) is 0 Å². The Labute approximate surface area is 85.3 Å². The molecule has 0 radical (unpaired) electrons. The van der Waals surface area contributed by atoms with Crippen LogP contribution in [0.3, 0.4) is 0 Å². The highest BCUT2D eigenvalue weighted by Crippen LogP contribution is 2.26. The Kier molecular flexibility index (Phi) is 3.04. The largest absolute Gasteiger partial charge is 0.385 e. The normalized spacial score (nSPS) is 19.1. The molecule has 0 amide bonds. The van der Waals surface area contributed by atoms with Gasteiger partial charge in [0.1, 0.15) is 0 Å². The second-order valence-corrected chi connectivity index (χ2v) is 3.84. The summed E-state index contributed by atoms with van der Waals surface area (Å²) in [5.74, 6) is 0. The van der Waals surface area contributed by atoms with Crippen molar-refractivity contribution in [3.63, 3.8) is 0 Å². The fourth-order valence-electron chi connectivity index (χ4n) is 2.02. The second kappa shape index (κ2) is 4.47. The van der Waals surface area contributed by atoms with Gasteiger partial charge in [0, 0.05) is 25.4 Å². The number of benzene rings is 1. The van der Waals surface area contributed by atoms with E-state index >= 15 is 0 Å². The summed E-state index contributed by atoms with van der Waals surface area (Å²) >= 11 is 0. The van der Waals surface area contributed by atoms with Crippen molar-refractivity contribution in [1.82, 2.24) is 0 Å². The molecule has 76 valence electrons. The molecule has 0 saturated heterocycles. The van der Waals surface area contributed by atoms with E-state index in [1.165, 1.54) is 24.1 Å². The van der Waals surface area contributed by atoms with Gasteiger partial charge in [-0.05, 0) is 30.9 Å². The van der Waals surface area contributed by atoms with E-state index in [4.69, 9.17) is 4.74 Å². The van der Waals surface area contributed by atoms with Gasteiger partial charge in [-0.15, -0.1) is 0 Å². The quantitative estimate of drug-likeness (QED) is 0.738. The number of hydrogen-bond donors (Lipinski definition) is 1. The van der Waals surface area contributed by atoms with Crippen molar-refractivity contribution in [2.75, 3.05) is 19.0 Å². The molecule has 2 nitrogen and oxygen atoms in total. The van der Waals surface area contributed by atoms with Crippen LogP contribution in [-0.4, -0.2) is 19.8 Å². The number of rotatable bonds is 4. The predicted octanol–water partition coefficient (Wildman–Crippen LogP) is 2.45. The van der Waals surface area contributed by atoms with Crippen LogP contribution in [-0.2, 0) is 11.2 Å². The number of methoxy groups -OCH3 is 1. The molecule has 2 rings (SSSR count). The maximum Gasteiger partial charge on any atom is 0.0463 e. The van der Waals surface area contributed by atoms with E-state index < -0.39 is 0 Å². The number of hydrogen-bond acceptors (Lipinski definition) is 2. The first kappa shape index (κ1) is 9.53. The minimum Gasteiger partial charge on any atom is -0.385 e. The third kappa shape index (κ3) is 2.07. The van der Waals surface area contributed by atoms with E-state index in [1.54, 1.807) is 7.11 Å². The topological polar surface area (TPSA) is 21.3 Å². The molecule has 1 atom stereocenters. The Balaban J connectivity index is 1.86. The van der Waals surface area contributed by atoms with Crippen molar-refractivity contribution in [3.8, 4) is 0 Å². The standard InChI is InChI=1S/C12H17NO/c1-14-8-4-6-11-9-10-5-2-3-7-12(10)13-11/h2-3,5,7,11,13H,4,6,8-9H2,1H3. The van der Waals surface area contributed by atoms with Gasteiger partial charge in [-0.2, -0.15) is 0 Å². The van der Waals surface area contributed by atoms with Crippen molar-refractivity contribution in [2.24, 2.45) is 0 Å². The van der Waals surface area contributed by atoms with Crippen LogP contribution in [0.4, 0.5) is 5.69 Å². The molecule has 14 heavy (non-hydrogen) atoms. The highest BCUT2D eigenvalue weighted by molar-refractivity contribution is 5.56. The monoisotopic (exact) mass is 191 g/mol. The van der Waals surface area contributed by atoms with E-state index in [9.17, 15) is 0 Å². The van der Waals surface area contributed by atoms with Gasteiger partial charge >= 0.3 is 0 Å². The zero-order valence-electron chi connectivity index (χ0n) is 8.62. The van der Waals surface area contributed by atoms with Crippen LogP contribution in [0.2, 0.25) is 0 Å². The number of ether oxygens (including phenoxy) is 1. The van der Waals surface area contributed by atoms with Crippen LogP contribution >= 0.6 is 0 Å². The van der Waals surface area contributed by atoms with Crippen LogP contribution in [0.1, 0.15) is 18.4 Å². The zero-order chi connectivity index (χ0) is 9.80. The second-order valence-electron chi connectivity index (χ2n) is 3.84.